The summed E-state index contributed by atoms with van der Waals surface area (Å²) >= 11 is 4.12. The van der Waals surface area contributed by atoms with E-state index in [-0.39, 0.29) is 16.0 Å². The van der Waals surface area contributed by atoms with Crippen molar-refractivity contribution in [2.45, 2.75) is 72.8 Å². The van der Waals surface area contributed by atoms with E-state index >= 15 is 0 Å². The minimum atomic E-state index is -0.252. The molecule has 6 heteroatoms. The predicted molar refractivity (Wildman–Crippen MR) is 136 cm³/mol. The quantitative estimate of drug-likeness (QED) is 0.445. The lowest BCUT2D eigenvalue weighted by Gasteiger charge is -2.19. The fourth-order valence-corrected chi connectivity index (χ4v) is 3.57. The molecule has 0 unspecified atom stereocenters. The van der Waals surface area contributed by atoms with Crippen LogP contribution in [0.2, 0.25) is 0 Å². The van der Waals surface area contributed by atoms with Crippen molar-refractivity contribution in [2.24, 2.45) is 5.73 Å². The number of anilines is 1. The Hall–Kier alpha value is -2.31. The molecule has 4 rings (SSSR count). The van der Waals surface area contributed by atoms with Crippen molar-refractivity contribution in [1.29, 1.82) is 0 Å². The van der Waals surface area contributed by atoms with Gasteiger partial charge in [-0.3, -0.25) is 4.79 Å². The fraction of sp³-hybridized carbons (Fsp3) is 0.423. The zero-order chi connectivity index (χ0) is 24.2. The summed E-state index contributed by atoms with van der Waals surface area (Å²) in [6.07, 6.45) is 0. The van der Waals surface area contributed by atoms with Crippen LogP contribution in [-0.2, 0) is 19.6 Å². The molecule has 1 aliphatic heterocycles. The average molecular weight is 459 g/mol. The van der Waals surface area contributed by atoms with Crippen LogP contribution in [0.5, 0.6) is 0 Å². The first-order valence-corrected chi connectivity index (χ1v) is 11.4. The molecule has 2 N–H and O–H groups in total. The summed E-state index contributed by atoms with van der Waals surface area (Å²) in [5.74, 6) is 0.283. The van der Waals surface area contributed by atoms with E-state index < -0.39 is 0 Å². The number of fused-ring (bicyclic) bond motifs is 2. The molecule has 1 aromatic heterocycles. The van der Waals surface area contributed by atoms with E-state index in [1.54, 1.807) is 19.1 Å². The van der Waals surface area contributed by atoms with Crippen LogP contribution in [0.25, 0.3) is 11.0 Å². The second-order valence-electron chi connectivity index (χ2n) is 8.81. The third kappa shape index (κ3) is 6.14. The van der Waals surface area contributed by atoms with E-state index in [1.807, 2.05) is 37.8 Å². The van der Waals surface area contributed by atoms with Crippen LogP contribution in [0.15, 0.2) is 39.5 Å². The van der Waals surface area contributed by atoms with Gasteiger partial charge in [0.1, 0.15) is 11.4 Å². The van der Waals surface area contributed by atoms with Crippen LogP contribution in [0, 0.1) is 19.7 Å². The number of thiol groups is 1. The third-order valence-corrected chi connectivity index (χ3v) is 4.81. The molecule has 3 aromatic rings. The summed E-state index contributed by atoms with van der Waals surface area (Å²) in [6.45, 7) is 15.3. The molecule has 32 heavy (non-hydrogen) atoms. The number of hydrogen-bond donors (Lipinski definition) is 2. The van der Waals surface area contributed by atoms with Gasteiger partial charge in [0, 0.05) is 29.9 Å². The van der Waals surface area contributed by atoms with Crippen LogP contribution in [0.1, 0.15) is 62.4 Å². The highest BCUT2D eigenvalue weighted by atomic mass is 32.1. The number of aryl methyl sites for hydroxylation is 1. The Morgan fingerprint density at radius 1 is 1.09 bits per heavy atom. The molecule has 0 radical (unpaired) electrons. The number of halogens is 1. The monoisotopic (exact) mass is 458 g/mol. The number of hydrogen-bond acceptors (Lipinski definition) is 5. The SMILES string of the molecule is CC.CC(C)(C)S.Cc1cc(CN)c2oc(N3Cc4ccc(F)cc4C3)c(C)c(=O)c2c1. The van der Waals surface area contributed by atoms with Gasteiger partial charge in [-0.1, -0.05) is 46.8 Å². The minimum absolute atomic E-state index is 0.0446. The zero-order valence-corrected chi connectivity index (χ0v) is 21.1. The van der Waals surface area contributed by atoms with Crippen molar-refractivity contribution in [2.75, 3.05) is 4.90 Å². The molecule has 0 spiro atoms. The molecule has 0 saturated heterocycles. The van der Waals surface area contributed by atoms with Crippen molar-refractivity contribution >= 4 is 29.5 Å². The number of nitrogens with two attached hydrogens (primary N) is 1. The van der Waals surface area contributed by atoms with Crippen LogP contribution >= 0.6 is 12.6 Å². The molecule has 174 valence electrons. The van der Waals surface area contributed by atoms with Crippen molar-refractivity contribution < 1.29 is 8.81 Å². The maximum Gasteiger partial charge on any atom is 0.203 e. The van der Waals surface area contributed by atoms with Gasteiger partial charge in [0.05, 0.1) is 10.9 Å². The molecule has 1 aliphatic rings. The molecule has 4 nitrogen and oxygen atoms in total. The lowest BCUT2D eigenvalue weighted by molar-refractivity contribution is 0.567. The molecule has 2 aromatic carbocycles. The van der Waals surface area contributed by atoms with Gasteiger partial charge in [-0.05, 0) is 48.7 Å². The zero-order valence-electron chi connectivity index (χ0n) is 20.2. The Morgan fingerprint density at radius 2 is 1.69 bits per heavy atom. The van der Waals surface area contributed by atoms with Gasteiger partial charge in [-0.15, -0.1) is 0 Å². The first kappa shape index (κ1) is 25.9. The van der Waals surface area contributed by atoms with Crippen molar-refractivity contribution in [3.63, 3.8) is 0 Å². The van der Waals surface area contributed by atoms with Gasteiger partial charge < -0.3 is 15.1 Å². The summed E-state index contributed by atoms with van der Waals surface area (Å²) in [4.78, 5) is 14.8. The predicted octanol–water partition coefficient (Wildman–Crippen LogP) is 6.27. The second kappa shape index (κ2) is 10.5. The van der Waals surface area contributed by atoms with Crippen LogP contribution in [-0.4, -0.2) is 4.75 Å². The van der Waals surface area contributed by atoms with Crippen LogP contribution in [0.3, 0.4) is 0 Å². The van der Waals surface area contributed by atoms with E-state index in [1.165, 1.54) is 6.07 Å². The summed E-state index contributed by atoms with van der Waals surface area (Å²) in [5, 5.41) is 0.560. The topological polar surface area (TPSA) is 59.5 Å². The van der Waals surface area contributed by atoms with Crippen molar-refractivity contribution in [1.82, 2.24) is 0 Å². The summed E-state index contributed by atoms with van der Waals surface area (Å²) in [5.41, 5.74) is 10.7. The molecular formula is C26H35FN2O2S. The molecule has 0 fully saturated rings. The van der Waals surface area contributed by atoms with Gasteiger partial charge >= 0.3 is 0 Å². The lowest BCUT2D eigenvalue weighted by atomic mass is 10.1. The van der Waals surface area contributed by atoms with E-state index in [9.17, 15) is 9.18 Å². The van der Waals surface area contributed by atoms with Crippen LogP contribution < -0.4 is 16.1 Å². The largest absolute Gasteiger partial charge is 0.440 e. The van der Waals surface area contributed by atoms with E-state index in [2.05, 4.69) is 33.4 Å². The Kier molecular flexibility index (Phi) is 8.54. The summed E-state index contributed by atoms with van der Waals surface area (Å²) in [7, 11) is 0. The van der Waals surface area contributed by atoms with Crippen molar-refractivity contribution in [3.8, 4) is 0 Å². The molecule has 0 bridgehead atoms. The molecule has 0 saturated carbocycles. The first-order valence-electron chi connectivity index (χ1n) is 11.0. The number of rotatable bonds is 2. The second-order valence-corrected chi connectivity index (χ2v) is 10.1. The normalized spacial score (nSPS) is 12.6. The van der Waals surface area contributed by atoms with E-state index in [0.717, 1.165) is 22.3 Å². The van der Waals surface area contributed by atoms with Gasteiger partial charge in [0.2, 0.25) is 5.88 Å². The van der Waals surface area contributed by atoms with Gasteiger partial charge in [-0.2, -0.15) is 12.6 Å². The first-order chi connectivity index (χ1) is 15.0. The summed E-state index contributed by atoms with van der Waals surface area (Å²) < 4.78 is 19.8. The number of benzene rings is 2. The fourth-order valence-electron chi connectivity index (χ4n) is 3.57. The lowest BCUT2D eigenvalue weighted by Crippen LogP contribution is -2.20. The third-order valence-electron chi connectivity index (χ3n) is 4.81. The van der Waals surface area contributed by atoms with E-state index in [0.29, 0.717) is 42.1 Å². The van der Waals surface area contributed by atoms with Gasteiger partial charge in [-0.25, -0.2) is 4.39 Å². The maximum absolute atomic E-state index is 13.5. The molecule has 0 aliphatic carbocycles. The average Bonchev–Trinajstić information content (AvgIpc) is 3.13. The van der Waals surface area contributed by atoms with Crippen molar-refractivity contribution in [3.05, 3.63) is 74.2 Å². The molecular weight excluding hydrogens is 423 g/mol. The van der Waals surface area contributed by atoms with Gasteiger partial charge in [0.25, 0.3) is 0 Å². The minimum Gasteiger partial charge on any atom is -0.440 e. The molecule has 2 heterocycles. The molecule has 0 atom stereocenters. The highest BCUT2D eigenvalue weighted by Gasteiger charge is 2.25. The highest BCUT2D eigenvalue weighted by Crippen LogP contribution is 2.33. The molecule has 0 amide bonds. The van der Waals surface area contributed by atoms with Gasteiger partial charge in [0.15, 0.2) is 5.43 Å². The summed E-state index contributed by atoms with van der Waals surface area (Å²) in [6, 6.07) is 8.57. The Labute approximate surface area is 196 Å². The smallest absolute Gasteiger partial charge is 0.203 e. The Morgan fingerprint density at radius 3 is 2.28 bits per heavy atom. The Balaban J connectivity index is 0.000000460. The van der Waals surface area contributed by atoms with Crippen LogP contribution in [0.4, 0.5) is 10.3 Å². The highest BCUT2D eigenvalue weighted by molar-refractivity contribution is 7.81. The number of nitrogens with zero attached hydrogens (tertiary/aromatic N) is 1. The standard InChI is InChI=1S/C20H19FN2O2.C4H10S.C2H6/c1-11-5-14(8-22)19-17(6-11)18(24)12(2)20(25-19)23-9-13-3-4-16(21)7-15(13)10-23;1-4(2,3)5;1-2/h3-7H,8-10,22H2,1-2H3;5H,1-3H3;1-2H3. The maximum atomic E-state index is 13.5. The van der Waals surface area contributed by atoms with E-state index in [4.69, 9.17) is 10.2 Å². The Bertz CT molecular complexity index is 1140.